The lowest BCUT2D eigenvalue weighted by atomic mass is 10.3. The van der Waals surface area contributed by atoms with Gasteiger partial charge in [0, 0.05) is 18.4 Å². The SMILES string of the molecule is CS(=O)(=O)CCC(=O)Nc1ccc(OCC(=O)O)cc1. The van der Waals surface area contributed by atoms with Crippen molar-refractivity contribution in [2.24, 2.45) is 0 Å². The second-order valence-electron chi connectivity index (χ2n) is 4.13. The minimum atomic E-state index is -3.17. The van der Waals surface area contributed by atoms with Crippen LogP contribution in [0.3, 0.4) is 0 Å². The predicted octanol–water partition coefficient (Wildman–Crippen LogP) is 0.523. The van der Waals surface area contributed by atoms with E-state index < -0.39 is 28.3 Å². The molecule has 0 aromatic heterocycles. The number of hydrogen-bond donors (Lipinski definition) is 2. The fourth-order valence-electron chi connectivity index (χ4n) is 1.28. The minimum Gasteiger partial charge on any atom is -0.482 e. The molecule has 1 aromatic rings. The Kier molecular flexibility index (Phi) is 5.51. The van der Waals surface area contributed by atoms with Gasteiger partial charge >= 0.3 is 5.97 Å². The zero-order valence-corrected chi connectivity index (χ0v) is 11.6. The molecular weight excluding hydrogens is 286 g/mol. The van der Waals surface area contributed by atoms with Crippen molar-refractivity contribution >= 4 is 27.4 Å². The molecule has 7 nitrogen and oxygen atoms in total. The lowest BCUT2D eigenvalue weighted by molar-refractivity contribution is -0.139. The first-order chi connectivity index (χ1) is 9.26. The number of aliphatic carboxylic acids is 1. The summed E-state index contributed by atoms with van der Waals surface area (Å²) >= 11 is 0. The summed E-state index contributed by atoms with van der Waals surface area (Å²) in [6.07, 6.45) is 0.949. The Bertz CT molecular complexity index is 578. The quantitative estimate of drug-likeness (QED) is 0.760. The van der Waals surface area contributed by atoms with Crippen molar-refractivity contribution < 1.29 is 27.9 Å². The summed E-state index contributed by atoms with van der Waals surface area (Å²) in [5.41, 5.74) is 0.478. The van der Waals surface area contributed by atoms with Crippen molar-refractivity contribution in [1.29, 1.82) is 0 Å². The van der Waals surface area contributed by atoms with Gasteiger partial charge in [0.05, 0.1) is 5.75 Å². The van der Waals surface area contributed by atoms with E-state index in [0.717, 1.165) is 6.26 Å². The van der Waals surface area contributed by atoms with E-state index in [4.69, 9.17) is 9.84 Å². The number of ether oxygens (including phenoxy) is 1. The maximum Gasteiger partial charge on any atom is 0.341 e. The van der Waals surface area contributed by atoms with Crippen LogP contribution in [0, 0.1) is 0 Å². The molecule has 0 saturated heterocycles. The van der Waals surface area contributed by atoms with E-state index in [1.807, 2.05) is 0 Å². The molecule has 0 aliphatic carbocycles. The Morgan fingerprint density at radius 2 is 1.85 bits per heavy atom. The Hall–Kier alpha value is -2.09. The van der Waals surface area contributed by atoms with Gasteiger partial charge < -0.3 is 15.2 Å². The molecular formula is C12H15NO6S. The number of hydrogen-bond acceptors (Lipinski definition) is 5. The van der Waals surface area contributed by atoms with E-state index in [2.05, 4.69) is 5.32 Å². The van der Waals surface area contributed by atoms with Crippen molar-refractivity contribution in [3.63, 3.8) is 0 Å². The number of carbonyl (C=O) groups is 2. The third kappa shape index (κ3) is 6.74. The number of anilines is 1. The van der Waals surface area contributed by atoms with Gasteiger partial charge in [0.15, 0.2) is 6.61 Å². The summed E-state index contributed by atoms with van der Waals surface area (Å²) in [7, 11) is -3.17. The summed E-state index contributed by atoms with van der Waals surface area (Å²) in [6, 6.07) is 6.09. The molecule has 110 valence electrons. The smallest absolute Gasteiger partial charge is 0.341 e. The highest BCUT2D eigenvalue weighted by atomic mass is 32.2. The average molecular weight is 301 g/mol. The van der Waals surface area contributed by atoms with E-state index in [-0.39, 0.29) is 12.2 Å². The Labute approximate surface area is 116 Å². The maximum atomic E-state index is 11.5. The minimum absolute atomic E-state index is 0.115. The lowest BCUT2D eigenvalue weighted by Gasteiger charge is -2.06. The molecule has 0 bridgehead atoms. The van der Waals surface area contributed by atoms with Crippen LogP contribution < -0.4 is 10.1 Å². The van der Waals surface area contributed by atoms with Crippen LogP contribution in [0.25, 0.3) is 0 Å². The normalized spacial score (nSPS) is 10.8. The third-order valence-corrected chi connectivity index (χ3v) is 3.15. The second-order valence-corrected chi connectivity index (χ2v) is 6.39. The van der Waals surface area contributed by atoms with Crippen molar-refractivity contribution in [3.8, 4) is 5.75 Å². The van der Waals surface area contributed by atoms with Crippen molar-refractivity contribution in [3.05, 3.63) is 24.3 Å². The van der Waals surface area contributed by atoms with E-state index in [1.54, 1.807) is 0 Å². The molecule has 1 rings (SSSR count). The molecule has 0 fully saturated rings. The standard InChI is InChI=1S/C12H15NO6S/c1-20(17,18)7-6-11(14)13-9-2-4-10(5-3-9)19-8-12(15)16/h2-5H,6-8H2,1H3,(H,13,14)(H,15,16). The number of benzene rings is 1. The van der Waals surface area contributed by atoms with Gasteiger partial charge in [-0.2, -0.15) is 0 Å². The van der Waals surface area contributed by atoms with Crippen LogP contribution in [0.4, 0.5) is 5.69 Å². The van der Waals surface area contributed by atoms with Crippen LogP contribution in [0.5, 0.6) is 5.75 Å². The van der Waals surface area contributed by atoms with Crippen LogP contribution in [0.15, 0.2) is 24.3 Å². The predicted molar refractivity (Wildman–Crippen MR) is 72.5 cm³/mol. The number of carboxylic acid groups (broad SMARTS) is 1. The topological polar surface area (TPSA) is 110 Å². The highest BCUT2D eigenvalue weighted by Crippen LogP contribution is 2.15. The Balaban J connectivity index is 2.48. The molecule has 0 aliphatic heterocycles. The van der Waals surface area contributed by atoms with Gasteiger partial charge in [-0.25, -0.2) is 13.2 Å². The van der Waals surface area contributed by atoms with Gasteiger partial charge in [-0.1, -0.05) is 0 Å². The van der Waals surface area contributed by atoms with Crippen molar-refractivity contribution in [1.82, 2.24) is 0 Å². The number of carboxylic acids is 1. The molecule has 1 aromatic carbocycles. The molecule has 0 unspecified atom stereocenters. The molecule has 1 amide bonds. The number of rotatable bonds is 7. The first-order valence-corrected chi connectivity index (χ1v) is 7.74. The average Bonchev–Trinajstić information content (AvgIpc) is 2.35. The number of nitrogens with one attached hydrogen (secondary N) is 1. The molecule has 0 radical (unpaired) electrons. The Morgan fingerprint density at radius 3 is 2.35 bits per heavy atom. The molecule has 0 heterocycles. The van der Waals surface area contributed by atoms with Crippen LogP contribution >= 0.6 is 0 Å². The van der Waals surface area contributed by atoms with Crippen molar-refractivity contribution in [2.75, 3.05) is 23.9 Å². The van der Waals surface area contributed by atoms with Crippen LogP contribution in [-0.4, -0.2) is 44.0 Å². The fourth-order valence-corrected chi connectivity index (χ4v) is 1.84. The van der Waals surface area contributed by atoms with E-state index in [0.29, 0.717) is 11.4 Å². The monoisotopic (exact) mass is 301 g/mol. The third-order valence-electron chi connectivity index (χ3n) is 2.20. The molecule has 0 aliphatic rings. The van der Waals surface area contributed by atoms with Crippen LogP contribution in [0.2, 0.25) is 0 Å². The molecule has 0 spiro atoms. The van der Waals surface area contributed by atoms with Crippen molar-refractivity contribution in [2.45, 2.75) is 6.42 Å². The molecule has 8 heteroatoms. The second kappa shape index (κ2) is 6.90. The molecule has 0 atom stereocenters. The molecule has 2 N–H and O–H groups in total. The van der Waals surface area contributed by atoms with Gasteiger partial charge in [-0.05, 0) is 24.3 Å². The van der Waals surface area contributed by atoms with Gasteiger partial charge in [-0.3, -0.25) is 4.79 Å². The van der Waals surface area contributed by atoms with Gasteiger partial charge in [0.25, 0.3) is 0 Å². The van der Waals surface area contributed by atoms with Crippen LogP contribution in [0.1, 0.15) is 6.42 Å². The van der Waals surface area contributed by atoms with Gasteiger partial charge in [0.1, 0.15) is 15.6 Å². The largest absolute Gasteiger partial charge is 0.482 e. The first-order valence-electron chi connectivity index (χ1n) is 5.68. The first kappa shape index (κ1) is 16.0. The zero-order chi connectivity index (χ0) is 15.2. The molecule has 20 heavy (non-hydrogen) atoms. The van der Waals surface area contributed by atoms with E-state index >= 15 is 0 Å². The summed E-state index contributed by atoms with van der Waals surface area (Å²) in [5.74, 6) is -1.34. The Morgan fingerprint density at radius 1 is 1.25 bits per heavy atom. The van der Waals surface area contributed by atoms with E-state index in [9.17, 15) is 18.0 Å². The number of sulfone groups is 1. The molecule has 0 saturated carbocycles. The number of amides is 1. The summed E-state index contributed by atoms with van der Waals surface area (Å²) in [5, 5.41) is 11.0. The van der Waals surface area contributed by atoms with Crippen LogP contribution in [-0.2, 0) is 19.4 Å². The maximum absolute atomic E-state index is 11.5. The summed E-state index contributed by atoms with van der Waals surface area (Å²) in [6.45, 7) is -0.444. The zero-order valence-electron chi connectivity index (χ0n) is 10.8. The highest BCUT2D eigenvalue weighted by Gasteiger charge is 2.08. The van der Waals surface area contributed by atoms with Gasteiger partial charge in [-0.15, -0.1) is 0 Å². The van der Waals surface area contributed by atoms with E-state index in [1.165, 1.54) is 24.3 Å². The number of carbonyl (C=O) groups excluding carboxylic acids is 1. The van der Waals surface area contributed by atoms with Gasteiger partial charge in [0.2, 0.25) is 5.91 Å². The lowest BCUT2D eigenvalue weighted by Crippen LogP contribution is -2.16. The summed E-state index contributed by atoms with van der Waals surface area (Å²) < 4.78 is 26.8. The fraction of sp³-hybridized carbons (Fsp3) is 0.333. The highest BCUT2D eigenvalue weighted by molar-refractivity contribution is 7.90. The summed E-state index contributed by atoms with van der Waals surface area (Å²) in [4.78, 5) is 21.8.